The van der Waals surface area contributed by atoms with Gasteiger partial charge in [-0.1, -0.05) is 5.57 Å². The highest BCUT2D eigenvalue weighted by Gasteiger charge is 2.52. The Morgan fingerprint density at radius 3 is 2.20 bits per heavy atom. The van der Waals surface area contributed by atoms with Gasteiger partial charge in [0.15, 0.2) is 0 Å². The van der Waals surface area contributed by atoms with Crippen LogP contribution >= 0.6 is 0 Å². The molecule has 0 amide bonds. The lowest BCUT2D eigenvalue weighted by molar-refractivity contribution is -0.131. The summed E-state index contributed by atoms with van der Waals surface area (Å²) in [5.74, 6) is 2.08. The van der Waals surface area contributed by atoms with Crippen molar-refractivity contribution in [1.29, 1.82) is 0 Å². The number of carbonyl (C=O) groups is 1. The van der Waals surface area contributed by atoms with E-state index in [1.54, 1.807) is 0 Å². The van der Waals surface area contributed by atoms with E-state index in [4.69, 9.17) is 5.11 Å². The van der Waals surface area contributed by atoms with Crippen molar-refractivity contribution in [3.8, 4) is 0 Å². The molecule has 112 valence electrons. The van der Waals surface area contributed by atoms with Crippen LogP contribution in [-0.2, 0) is 4.79 Å². The zero-order valence-corrected chi connectivity index (χ0v) is 12.7. The quantitative estimate of drug-likeness (QED) is 0.759. The highest BCUT2D eigenvalue weighted by atomic mass is 16.4. The molecule has 4 saturated carbocycles. The smallest absolute Gasteiger partial charge is 0.328 e. The van der Waals surface area contributed by atoms with Crippen molar-refractivity contribution in [2.75, 3.05) is 6.54 Å². The Morgan fingerprint density at radius 1 is 1.25 bits per heavy atom. The minimum atomic E-state index is -0.841. The largest absolute Gasteiger partial charge is 0.478 e. The summed E-state index contributed by atoms with van der Waals surface area (Å²) in [5, 5.41) is 12.4. The molecule has 0 heterocycles. The summed E-state index contributed by atoms with van der Waals surface area (Å²) < 4.78 is 0. The lowest BCUT2D eigenvalue weighted by atomic mass is 9.48. The number of carboxylic acid groups (broad SMARTS) is 1. The van der Waals surface area contributed by atoms with Crippen molar-refractivity contribution in [3.63, 3.8) is 0 Å². The van der Waals surface area contributed by atoms with Gasteiger partial charge >= 0.3 is 5.97 Å². The van der Waals surface area contributed by atoms with Gasteiger partial charge in [0.2, 0.25) is 0 Å². The van der Waals surface area contributed by atoms with Crippen molar-refractivity contribution >= 4 is 5.97 Å². The third-order valence-electron chi connectivity index (χ3n) is 6.06. The van der Waals surface area contributed by atoms with Crippen LogP contribution < -0.4 is 5.32 Å². The zero-order chi connectivity index (χ0) is 14.3. The summed E-state index contributed by atoms with van der Waals surface area (Å²) in [6, 6.07) is 0.507. The standard InChI is InChI=1S/C17H27NO2/c1-11(3-16(19)20)10-18-12(2)17-7-13-4-14(8-17)6-15(5-13)9-17/h3,12-15,18H,4-10H2,1-2H3,(H,19,20). The third-order valence-corrected chi connectivity index (χ3v) is 6.06. The van der Waals surface area contributed by atoms with Crippen molar-refractivity contribution in [3.05, 3.63) is 11.6 Å². The van der Waals surface area contributed by atoms with Crippen molar-refractivity contribution < 1.29 is 9.90 Å². The van der Waals surface area contributed by atoms with Crippen LogP contribution in [-0.4, -0.2) is 23.7 Å². The Balaban J connectivity index is 1.62. The van der Waals surface area contributed by atoms with E-state index in [2.05, 4.69) is 12.2 Å². The van der Waals surface area contributed by atoms with Gasteiger partial charge in [-0.15, -0.1) is 0 Å². The molecule has 0 radical (unpaired) electrons. The molecule has 0 aliphatic heterocycles. The predicted octanol–water partition coefficient (Wildman–Crippen LogP) is 3.21. The van der Waals surface area contributed by atoms with Crippen LogP contribution in [0.1, 0.15) is 52.4 Å². The second-order valence-corrected chi connectivity index (χ2v) is 7.71. The first-order valence-electron chi connectivity index (χ1n) is 8.10. The van der Waals surface area contributed by atoms with Crippen LogP contribution in [0.15, 0.2) is 11.6 Å². The maximum absolute atomic E-state index is 10.7. The zero-order valence-electron chi connectivity index (χ0n) is 12.7. The first-order valence-corrected chi connectivity index (χ1v) is 8.10. The van der Waals surface area contributed by atoms with E-state index in [1.165, 1.54) is 44.6 Å². The van der Waals surface area contributed by atoms with Gasteiger partial charge in [-0.3, -0.25) is 0 Å². The molecular weight excluding hydrogens is 250 g/mol. The van der Waals surface area contributed by atoms with Gasteiger partial charge in [-0.05, 0) is 75.5 Å². The highest BCUT2D eigenvalue weighted by Crippen LogP contribution is 2.61. The SMILES string of the molecule is CC(=CC(=O)O)CNC(C)C12CC3CC(CC(C3)C1)C2. The van der Waals surface area contributed by atoms with Crippen molar-refractivity contribution in [2.24, 2.45) is 23.2 Å². The number of rotatable bonds is 5. The molecule has 4 fully saturated rings. The molecule has 3 nitrogen and oxygen atoms in total. The monoisotopic (exact) mass is 277 g/mol. The van der Waals surface area contributed by atoms with E-state index in [0.29, 0.717) is 18.0 Å². The molecule has 4 rings (SSSR count). The molecule has 4 aliphatic rings. The van der Waals surface area contributed by atoms with Gasteiger partial charge in [0.25, 0.3) is 0 Å². The van der Waals surface area contributed by atoms with Crippen LogP contribution in [0.3, 0.4) is 0 Å². The molecule has 1 unspecified atom stereocenters. The van der Waals surface area contributed by atoms with E-state index in [9.17, 15) is 4.79 Å². The minimum absolute atomic E-state index is 0.498. The fraction of sp³-hybridized carbons (Fsp3) is 0.824. The average Bonchev–Trinajstić information content (AvgIpc) is 2.33. The second kappa shape index (κ2) is 5.18. The molecule has 3 heteroatoms. The van der Waals surface area contributed by atoms with Crippen LogP contribution in [0.25, 0.3) is 0 Å². The van der Waals surface area contributed by atoms with Crippen LogP contribution in [0.2, 0.25) is 0 Å². The van der Waals surface area contributed by atoms with Crippen LogP contribution in [0.4, 0.5) is 0 Å². The molecule has 2 N–H and O–H groups in total. The maximum Gasteiger partial charge on any atom is 0.328 e. The molecule has 20 heavy (non-hydrogen) atoms. The van der Waals surface area contributed by atoms with E-state index in [0.717, 1.165) is 23.3 Å². The van der Waals surface area contributed by atoms with Gasteiger partial charge in [-0.2, -0.15) is 0 Å². The lowest BCUT2D eigenvalue weighted by Gasteiger charge is -2.59. The topological polar surface area (TPSA) is 49.3 Å². The summed E-state index contributed by atoms with van der Waals surface area (Å²) in [4.78, 5) is 10.7. The molecule has 4 bridgehead atoms. The van der Waals surface area contributed by atoms with E-state index < -0.39 is 5.97 Å². The van der Waals surface area contributed by atoms with Crippen LogP contribution in [0, 0.1) is 23.2 Å². The summed E-state index contributed by atoms with van der Waals surface area (Å²) >= 11 is 0. The highest BCUT2D eigenvalue weighted by molar-refractivity contribution is 5.80. The molecule has 0 saturated heterocycles. The first-order chi connectivity index (χ1) is 9.47. The Morgan fingerprint density at radius 2 is 1.75 bits per heavy atom. The number of carboxylic acids is 1. The summed E-state index contributed by atoms with van der Waals surface area (Å²) in [7, 11) is 0. The van der Waals surface area contributed by atoms with E-state index in [-0.39, 0.29) is 0 Å². The molecule has 1 atom stereocenters. The van der Waals surface area contributed by atoms with Gasteiger partial charge in [-0.25, -0.2) is 4.79 Å². The Kier molecular flexibility index (Phi) is 3.65. The average molecular weight is 277 g/mol. The maximum atomic E-state index is 10.7. The van der Waals surface area contributed by atoms with Gasteiger partial charge in [0, 0.05) is 18.7 Å². The summed E-state index contributed by atoms with van der Waals surface area (Å²) in [5.41, 5.74) is 1.41. The Bertz CT molecular complexity index is 391. The van der Waals surface area contributed by atoms with Gasteiger partial charge in [0.1, 0.15) is 0 Å². The van der Waals surface area contributed by atoms with E-state index in [1.807, 2.05) is 6.92 Å². The first kappa shape index (κ1) is 14.1. The fourth-order valence-electron chi connectivity index (χ4n) is 5.50. The van der Waals surface area contributed by atoms with E-state index >= 15 is 0 Å². The molecular formula is C17H27NO2. The molecule has 0 aromatic heterocycles. The number of hydrogen-bond donors (Lipinski definition) is 2. The number of hydrogen-bond acceptors (Lipinski definition) is 2. The van der Waals surface area contributed by atoms with Crippen molar-refractivity contribution in [2.45, 2.75) is 58.4 Å². The molecule has 0 spiro atoms. The summed E-state index contributed by atoms with van der Waals surface area (Å²) in [6.07, 6.45) is 9.94. The van der Waals surface area contributed by atoms with Gasteiger partial charge in [0.05, 0.1) is 0 Å². The third kappa shape index (κ3) is 2.65. The minimum Gasteiger partial charge on any atom is -0.478 e. The second-order valence-electron chi connectivity index (χ2n) is 7.71. The summed E-state index contributed by atoms with van der Waals surface area (Å²) in [6.45, 7) is 4.92. The molecule has 4 aliphatic carbocycles. The Labute approximate surface area is 121 Å². The Hall–Kier alpha value is -0.830. The lowest BCUT2D eigenvalue weighted by Crippen LogP contribution is -2.55. The van der Waals surface area contributed by atoms with Crippen LogP contribution in [0.5, 0.6) is 0 Å². The molecule has 0 aromatic carbocycles. The van der Waals surface area contributed by atoms with Crippen molar-refractivity contribution in [1.82, 2.24) is 5.32 Å². The number of nitrogens with one attached hydrogen (secondary N) is 1. The van der Waals surface area contributed by atoms with Gasteiger partial charge < -0.3 is 10.4 Å². The fourth-order valence-corrected chi connectivity index (χ4v) is 5.50. The predicted molar refractivity (Wildman–Crippen MR) is 79.5 cm³/mol. The molecule has 0 aromatic rings. The number of aliphatic carboxylic acids is 1. The normalized spacial score (nSPS) is 40.9.